The van der Waals surface area contributed by atoms with Gasteiger partial charge in [0.15, 0.2) is 0 Å². The van der Waals surface area contributed by atoms with Crippen LogP contribution in [0.2, 0.25) is 0 Å². The molecule has 1 amide bonds. The monoisotopic (exact) mass is 349 g/mol. The maximum atomic E-state index is 12.6. The zero-order valence-corrected chi connectivity index (χ0v) is 13.5. The van der Waals surface area contributed by atoms with Crippen molar-refractivity contribution < 1.29 is 31.1 Å². The summed E-state index contributed by atoms with van der Waals surface area (Å²) in [5.41, 5.74) is -4.37. The molecule has 0 unspecified atom stereocenters. The largest absolute Gasteiger partial charge is 0.411 e. The maximum absolute atomic E-state index is 12.6. The molecule has 0 aromatic carbocycles. The minimum atomic E-state index is -5.69. The van der Waals surface area contributed by atoms with E-state index in [0.29, 0.717) is 12.8 Å². The summed E-state index contributed by atoms with van der Waals surface area (Å²) in [6.45, 7) is 1.78. The zero-order valence-electron chi connectivity index (χ0n) is 13.5. The first-order valence-corrected chi connectivity index (χ1v) is 7.90. The summed E-state index contributed by atoms with van der Waals surface area (Å²) in [7, 11) is 0. The van der Waals surface area contributed by atoms with Crippen LogP contribution in [0.5, 0.6) is 0 Å². The fraction of sp³-hybridized carbons (Fsp3) is 0.933. The van der Waals surface area contributed by atoms with E-state index >= 15 is 0 Å². The molecule has 0 aromatic heterocycles. The van der Waals surface area contributed by atoms with E-state index in [1.807, 2.05) is 0 Å². The molecule has 0 aliphatic rings. The van der Waals surface area contributed by atoms with Gasteiger partial charge in [-0.1, -0.05) is 51.9 Å². The molecule has 0 heterocycles. The molecule has 0 radical (unpaired) electrons. The molecule has 0 saturated carbocycles. The molecule has 0 aromatic rings. The first-order valence-electron chi connectivity index (χ1n) is 7.90. The van der Waals surface area contributed by atoms with Crippen molar-refractivity contribution in [3.63, 3.8) is 0 Å². The van der Waals surface area contributed by atoms with Crippen molar-refractivity contribution in [3.8, 4) is 0 Å². The average Bonchev–Trinajstić information content (AvgIpc) is 2.41. The maximum Gasteiger partial charge on any atom is 0.411 e. The summed E-state index contributed by atoms with van der Waals surface area (Å²) >= 11 is 0. The van der Waals surface area contributed by atoms with Gasteiger partial charge in [0.2, 0.25) is 11.3 Å². The lowest BCUT2D eigenvalue weighted by molar-refractivity contribution is -0.319. The molecule has 0 spiro atoms. The summed E-state index contributed by atoms with van der Waals surface area (Å²) < 4.78 is 75.9. The minimum absolute atomic E-state index is 0.129. The van der Waals surface area contributed by atoms with Crippen molar-refractivity contribution in [1.29, 1.82) is 0 Å². The van der Waals surface area contributed by atoms with Gasteiger partial charge in [-0.2, -0.15) is 26.3 Å². The smallest absolute Gasteiger partial charge is 0.355 e. The number of alkyl halides is 6. The summed E-state index contributed by atoms with van der Waals surface area (Å²) in [4.78, 5) is 11.4. The number of nitrogens with one attached hydrogen (secondary N) is 1. The van der Waals surface area contributed by atoms with E-state index in [0.717, 1.165) is 38.5 Å². The van der Waals surface area contributed by atoms with Gasteiger partial charge in [0.1, 0.15) is 0 Å². The van der Waals surface area contributed by atoms with E-state index in [1.54, 1.807) is 5.32 Å². The fourth-order valence-corrected chi connectivity index (χ4v) is 2.06. The highest BCUT2D eigenvalue weighted by Gasteiger charge is 2.72. The second-order valence-electron chi connectivity index (χ2n) is 5.85. The van der Waals surface area contributed by atoms with Gasteiger partial charge in [-0.25, -0.2) is 0 Å². The van der Waals surface area contributed by atoms with Crippen LogP contribution in [0.1, 0.15) is 65.2 Å². The molecular weight excluding hydrogens is 324 g/mol. The topological polar surface area (TPSA) is 29.1 Å². The number of amides is 1. The lowest BCUT2D eigenvalue weighted by atomic mass is 9.87. The Labute approximate surface area is 133 Å². The molecule has 138 valence electrons. The van der Waals surface area contributed by atoms with Crippen LogP contribution >= 0.6 is 0 Å². The molecule has 0 saturated heterocycles. The van der Waals surface area contributed by atoms with Crippen molar-refractivity contribution >= 4 is 5.91 Å². The van der Waals surface area contributed by atoms with Crippen LogP contribution in [0.25, 0.3) is 0 Å². The minimum Gasteiger partial charge on any atom is -0.355 e. The van der Waals surface area contributed by atoms with Crippen molar-refractivity contribution in [1.82, 2.24) is 5.32 Å². The van der Waals surface area contributed by atoms with E-state index in [4.69, 9.17) is 0 Å². The highest BCUT2D eigenvalue weighted by atomic mass is 19.4. The molecule has 2 nitrogen and oxygen atoms in total. The van der Waals surface area contributed by atoms with Gasteiger partial charge < -0.3 is 5.32 Å². The van der Waals surface area contributed by atoms with E-state index in [-0.39, 0.29) is 13.5 Å². The average molecular weight is 349 g/mol. The molecule has 0 aliphatic heterocycles. The second-order valence-corrected chi connectivity index (χ2v) is 5.85. The van der Waals surface area contributed by atoms with Gasteiger partial charge in [0.25, 0.3) is 0 Å². The summed E-state index contributed by atoms with van der Waals surface area (Å²) in [6, 6.07) is 0. The molecule has 0 bridgehead atoms. The SMILES string of the molecule is CCCCCCCCCCNC(=O)C(C)(C(F)(F)F)C(F)(F)F. The van der Waals surface area contributed by atoms with Gasteiger partial charge in [-0.15, -0.1) is 0 Å². The Bertz CT molecular complexity index is 337. The van der Waals surface area contributed by atoms with Crippen LogP contribution in [-0.4, -0.2) is 24.8 Å². The Morgan fingerprint density at radius 3 is 1.57 bits per heavy atom. The van der Waals surface area contributed by atoms with Gasteiger partial charge in [0.05, 0.1) is 0 Å². The molecule has 0 fully saturated rings. The molecule has 0 rings (SSSR count). The van der Waals surface area contributed by atoms with Crippen LogP contribution in [-0.2, 0) is 4.79 Å². The molecule has 23 heavy (non-hydrogen) atoms. The predicted octanol–water partition coefficient (Wildman–Crippen LogP) is 5.37. The number of halogens is 6. The van der Waals surface area contributed by atoms with E-state index < -0.39 is 23.7 Å². The Morgan fingerprint density at radius 1 is 0.783 bits per heavy atom. The van der Waals surface area contributed by atoms with Crippen molar-refractivity contribution in [2.75, 3.05) is 6.54 Å². The molecule has 1 N–H and O–H groups in total. The number of unbranched alkanes of at least 4 members (excludes halogenated alkanes) is 7. The van der Waals surface area contributed by atoms with E-state index in [2.05, 4.69) is 6.92 Å². The molecule has 0 aliphatic carbocycles. The van der Waals surface area contributed by atoms with Crippen molar-refractivity contribution in [2.45, 2.75) is 77.6 Å². The summed E-state index contributed by atoms with van der Waals surface area (Å²) in [5, 5.41) is 1.77. The summed E-state index contributed by atoms with van der Waals surface area (Å²) in [5.74, 6) is -2.04. The van der Waals surface area contributed by atoms with Gasteiger partial charge in [0, 0.05) is 6.54 Å². The Morgan fingerprint density at radius 2 is 1.17 bits per heavy atom. The van der Waals surface area contributed by atoms with E-state index in [9.17, 15) is 31.1 Å². The predicted molar refractivity (Wildman–Crippen MR) is 75.8 cm³/mol. The Balaban J connectivity index is 4.18. The van der Waals surface area contributed by atoms with Crippen LogP contribution in [0.4, 0.5) is 26.3 Å². The third kappa shape index (κ3) is 6.59. The highest BCUT2D eigenvalue weighted by Crippen LogP contribution is 2.50. The first-order chi connectivity index (χ1) is 10.5. The van der Waals surface area contributed by atoms with Gasteiger partial charge in [-0.3, -0.25) is 4.79 Å². The first kappa shape index (κ1) is 22.1. The second kappa shape index (κ2) is 9.37. The molecule has 8 heteroatoms. The number of carbonyl (C=O) groups excluding carboxylic acids is 1. The van der Waals surface area contributed by atoms with Crippen LogP contribution < -0.4 is 5.32 Å². The quantitative estimate of drug-likeness (QED) is 0.417. The highest BCUT2D eigenvalue weighted by molar-refractivity contribution is 5.84. The lowest BCUT2D eigenvalue weighted by Crippen LogP contribution is -2.57. The zero-order chi connectivity index (χ0) is 18.1. The standard InChI is InChI=1S/C15H25F6NO/c1-3-4-5-6-7-8-9-10-11-22-12(23)13(2,14(16,17)18)15(19,20)21/h3-11H2,1-2H3,(H,22,23). The normalized spacial score (nSPS) is 13.2. The Hall–Kier alpha value is -0.950. The van der Waals surface area contributed by atoms with Crippen molar-refractivity contribution in [2.24, 2.45) is 5.41 Å². The number of hydrogen-bond donors (Lipinski definition) is 1. The van der Waals surface area contributed by atoms with Crippen molar-refractivity contribution in [3.05, 3.63) is 0 Å². The van der Waals surface area contributed by atoms with Gasteiger partial charge >= 0.3 is 12.4 Å². The fourth-order valence-electron chi connectivity index (χ4n) is 2.06. The third-order valence-electron chi connectivity index (χ3n) is 3.90. The molecular formula is C15H25F6NO. The summed E-state index contributed by atoms with van der Waals surface area (Å²) in [6.07, 6.45) is -4.02. The molecule has 0 atom stereocenters. The number of rotatable bonds is 10. The van der Waals surface area contributed by atoms with E-state index in [1.165, 1.54) is 0 Å². The number of hydrogen-bond acceptors (Lipinski definition) is 1. The third-order valence-corrected chi connectivity index (χ3v) is 3.90. The lowest BCUT2D eigenvalue weighted by Gasteiger charge is -2.32. The number of carbonyl (C=O) groups is 1. The Kier molecular flexibility index (Phi) is 8.98. The van der Waals surface area contributed by atoms with Gasteiger partial charge in [-0.05, 0) is 13.3 Å². The van der Waals surface area contributed by atoms with Crippen LogP contribution in [0.15, 0.2) is 0 Å². The van der Waals surface area contributed by atoms with Crippen LogP contribution in [0.3, 0.4) is 0 Å². The van der Waals surface area contributed by atoms with Crippen LogP contribution in [0, 0.1) is 5.41 Å².